The Kier molecular flexibility index (Phi) is 4.64. The number of halogens is 2. The second-order valence-corrected chi connectivity index (χ2v) is 6.13. The third-order valence-corrected chi connectivity index (χ3v) is 3.86. The average Bonchev–Trinajstić information content (AvgIpc) is 2.34. The van der Waals surface area contributed by atoms with Crippen LogP contribution in [-0.4, -0.2) is 0 Å². The molecule has 0 heterocycles. The molecule has 0 aliphatic rings. The van der Waals surface area contributed by atoms with Crippen LogP contribution in [0, 0.1) is 3.57 Å². The Hall–Kier alpha value is -0.590. The van der Waals surface area contributed by atoms with Crippen molar-refractivity contribution in [3.05, 3.63) is 56.1 Å². The van der Waals surface area contributed by atoms with E-state index in [2.05, 4.69) is 38.5 Å². The summed E-state index contributed by atoms with van der Waals surface area (Å²) in [5, 5.41) is 0. The molecule has 18 heavy (non-hydrogen) atoms. The maximum absolute atomic E-state index is 5.84. The highest BCUT2D eigenvalue weighted by Gasteiger charge is 2.06. The molecule has 2 aromatic carbocycles. The summed E-state index contributed by atoms with van der Waals surface area (Å²) in [6.07, 6.45) is 0. The lowest BCUT2D eigenvalue weighted by molar-refractivity contribution is 0.479. The molecule has 2 N–H and O–H groups in total. The minimum absolute atomic E-state index is 0.0219. The Bertz CT molecular complexity index is 540. The van der Waals surface area contributed by atoms with Gasteiger partial charge in [-0.2, -0.15) is 0 Å². The van der Waals surface area contributed by atoms with Gasteiger partial charge in [-0.25, -0.2) is 0 Å². The molecule has 0 aliphatic heterocycles. The van der Waals surface area contributed by atoms with Crippen LogP contribution in [0.15, 0.2) is 46.9 Å². The van der Waals surface area contributed by atoms with E-state index in [-0.39, 0.29) is 6.04 Å². The molecule has 0 saturated heterocycles. The maximum Gasteiger partial charge on any atom is 0.141 e. The van der Waals surface area contributed by atoms with Gasteiger partial charge < -0.3 is 10.5 Å². The first-order chi connectivity index (χ1) is 8.56. The molecule has 0 unspecified atom stereocenters. The number of nitrogens with two attached hydrogens (primary N) is 1. The van der Waals surface area contributed by atoms with Crippen LogP contribution in [-0.2, 0) is 0 Å². The highest BCUT2D eigenvalue weighted by atomic mass is 127. The SMILES string of the molecule is C[C@@H](N)c1ccc(Oc2ccc(I)cc2)c(Br)c1. The fourth-order valence-corrected chi connectivity index (χ4v) is 2.35. The van der Waals surface area contributed by atoms with E-state index in [1.54, 1.807) is 0 Å². The van der Waals surface area contributed by atoms with Crippen LogP contribution >= 0.6 is 38.5 Å². The maximum atomic E-state index is 5.84. The molecule has 4 heteroatoms. The van der Waals surface area contributed by atoms with Gasteiger partial charge in [0.2, 0.25) is 0 Å². The van der Waals surface area contributed by atoms with Gasteiger partial charge in [-0.15, -0.1) is 0 Å². The van der Waals surface area contributed by atoms with Gasteiger partial charge in [-0.1, -0.05) is 6.07 Å². The van der Waals surface area contributed by atoms with Gasteiger partial charge in [0.1, 0.15) is 11.5 Å². The molecule has 2 rings (SSSR count). The summed E-state index contributed by atoms with van der Waals surface area (Å²) < 4.78 is 7.91. The average molecular weight is 418 g/mol. The summed E-state index contributed by atoms with van der Waals surface area (Å²) in [6, 6.07) is 13.9. The van der Waals surface area contributed by atoms with E-state index in [1.807, 2.05) is 49.4 Å². The number of hydrogen-bond acceptors (Lipinski definition) is 2. The van der Waals surface area contributed by atoms with E-state index in [0.29, 0.717) is 0 Å². The highest BCUT2D eigenvalue weighted by Crippen LogP contribution is 2.31. The first-order valence-electron chi connectivity index (χ1n) is 5.54. The molecule has 0 bridgehead atoms. The Morgan fingerprint density at radius 3 is 2.39 bits per heavy atom. The van der Waals surface area contributed by atoms with Crippen molar-refractivity contribution in [3.8, 4) is 11.5 Å². The molecule has 2 nitrogen and oxygen atoms in total. The minimum Gasteiger partial charge on any atom is -0.456 e. The first kappa shape index (κ1) is 13.8. The Labute approximate surface area is 129 Å². The zero-order valence-corrected chi connectivity index (χ0v) is 13.6. The van der Waals surface area contributed by atoms with E-state index < -0.39 is 0 Å². The zero-order chi connectivity index (χ0) is 13.1. The molecule has 2 aromatic rings. The van der Waals surface area contributed by atoms with Gasteiger partial charge in [0, 0.05) is 9.61 Å². The molecule has 94 valence electrons. The second-order valence-electron chi connectivity index (χ2n) is 4.03. The van der Waals surface area contributed by atoms with E-state index >= 15 is 0 Å². The summed E-state index contributed by atoms with van der Waals surface area (Å²) in [5.41, 5.74) is 6.92. The Morgan fingerprint density at radius 1 is 1.17 bits per heavy atom. The molecule has 0 aromatic heterocycles. The van der Waals surface area contributed by atoms with Gasteiger partial charge in [0.25, 0.3) is 0 Å². The number of ether oxygens (including phenoxy) is 1. The van der Waals surface area contributed by atoms with Crippen molar-refractivity contribution in [2.45, 2.75) is 13.0 Å². The lowest BCUT2D eigenvalue weighted by atomic mass is 10.1. The third-order valence-electron chi connectivity index (χ3n) is 2.52. The number of benzene rings is 2. The summed E-state index contributed by atoms with van der Waals surface area (Å²) in [7, 11) is 0. The van der Waals surface area contributed by atoms with Crippen LogP contribution in [0.4, 0.5) is 0 Å². The molecule has 0 spiro atoms. The smallest absolute Gasteiger partial charge is 0.141 e. The van der Waals surface area contributed by atoms with E-state index in [4.69, 9.17) is 10.5 Å². The fraction of sp³-hybridized carbons (Fsp3) is 0.143. The summed E-state index contributed by atoms with van der Waals surface area (Å²) in [5.74, 6) is 1.62. The quantitative estimate of drug-likeness (QED) is 0.723. The van der Waals surface area contributed by atoms with Crippen LogP contribution in [0.1, 0.15) is 18.5 Å². The molecule has 0 aliphatic carbocycles. The lowest BCUT2D eigenvalue weighted by Gasteiger charge is -2.11. The standard InChI is InChI=1S/C14H13BrINO/c1-9(17)10-2-7-14(13(15)8-10)18-12-5-3-11(16)4-6-12/h2-9H,17H2,1H3/t9-/m1/s1. The molecule has 0 fully saturated rings. The van der Waals surface area contributed by atoms with Crippen molar-refractivity contribution < 1.29 is 4.74 Å². The summed E-state index contributed by atoms with van der Waals surface area (Å²) in [6.45, 7) is 1.96. The van der Waals surface area contributed by atoms with E-state index in [1.165, 1.54) is 3.57 Å². The van der Waals surface area contributed by atoms with E-state index in [9.17, 15) is 0 Å². The van der Waals surface area contributed by atoms with Gasteiger partial charge in [0.05, 0.1) is 4.47 Å². The van der Waals surface area contributed by atoms with Gasteiger partial charge in [-0.05, 0) is 87.4 Å². The molecule has 1 atom stereocenters. The third kappa shape index (κ3) is 3.46. The van der Waals surface area contributed by atoms with Gasteiger partial charge >= 0.3 is 0 Å². The van der Waals surface area contributed by atoms with Gasteiger partial charge in [0.15, 0.2) is 0 Å². The molecular weight excluding hydrogens is 405 g/mol. The largest absolute Gasteiger partial charge is 0.456 e. The molecular formula is C14H13BrINO. The molecule has 0 saturated carbocycles. The van der Waals surface area contributed by atoms with Crippen LogP contribution in [0.5, 0.6) is 11.5 Å². The normalized spacial score (nSPS) is 12.2. The second kappa shape index (κ2) is 6.04. The summed E-state index contributed by atoms with van der Waals surface area (Å²) >= 11 is 5.77. The Morgan fingerprint density at radius 2 is 1.83 bits per heavy atom. The monoisotopic (exact) mass is 417 g/mol. The van der Waals surface area contributed by atoms with Crippen molar-refractivity contribution >= 4 is 38.5 Å². The molecule has 0 radical (unpaired) electrons. The number of hydrogen-bond donors (Lipinski definition) is 1. The van der Waals surface area contributed by atoms with Crippen LogP contribution in [0.3, 0.4) is 0 Å². The summed E-state index contributed by atoms with van der Waals surface area (Å²) in [4.78, 5) is 0. The van der Waals surface area contributed by atoms with Crippen molar-refractivity contribution in [2.75, 3.05) is 0 Å². The van der Waals surface area contributed by atoms with Crippen molar-refractivity contribution in [1.29, 1.82) is 0 Å². The van der Waals surface area contributed by atoms with Crippen LogP contribution < -0.4 is 10.5 Å². The highest BCUT2D eigenvalue weighted by molar-refractivity contribution is 14.1. The fourth-order valence-electron chi connectivity index (χ4n) is 1.51. The van der Waals surface area contributed by atoms with Crippen LogP contribution in [0.2, 0.25) is 0 Å². The predicted octanol–water partition coefficient (Wildman–Crippen LogP) is 4.87. The predicted molar refractivity (Wildman–Crippen MR) is 86.0 cm³/mol. The lowest BCUT2D eigenvalue weighted by Crippen LogP contribution is -2.04. The van der Waals surface area contributed by atoms with Crippen molar-refractivity contribution in [1.82, 2.24) is 0 Å². The molecule has 0 amide bonds. The minimum atomic E-state index is 0.0219. The van der Waals surface area contributed by atoms with E-state index in [0.717, 1.165) is 21.5 Å². The number of rotatable bonds is 3. The Balaban J connectivity index is 2.22. The van der Waals surface area contributed by atoms with Crippen LogP contribution in [0.25, 0.3) is 0 Å². The van der Waals surface area contributed by atoms with Crippen molar-refractivity contribution in [2.24, 2.45) is 5.73 Å². The van der Waals surface area contributed by atoms with Gasteiger partial charge in [-0.3, -0.25) is 0 Å². The topological polar surface area (TPSA) is 35.2 Å². The van der Waals surface area contributed by atoms with Crippen molar-refractivity contribution in [3.63, 3.8) is 0 Å². The zero-order valence-electron chi connectivity index (χ0n) is 9.86. The first-order valence-corrected chi connectivity index (χ1v) is 7.42.